The van der Waals surface area contributed by atoms with E-state index in [4.69, 9.17) is 9.72 Å². The van der Waals surface area contributed by atoms with Crippen molar-refractivity contribution in [3.63, 3.8) is 0 Å². The second-order valence-corrected chi connectivity index (χ2v) is 8.47. The van der Waals surface area contributed by atoms with E-state index in [-0.39, 0.29) is 28.4 Å². The van der Waals surface area contributed by atoms with Gasteiger partial charge in [-0.3, -0.25) is 14.0 Å². The SMILES string of the molecule is C=C/C=C/C=C(\Br)CC(=O)N=c1c(C#N)cc2c(=O)n3cccc(C)c3nc2n1CCCOC. The van der Waals surface area contributed by atoms with Crippen LogP contribution in [0.4, 0.5) is 0 Å². The largest absolute Gasteiger partial charge is 0.385 e. The Kier molecular flexibility index (Phi) is 8.46. The van der Waals surface area contributed by atoms with Gasteiger partial charge in [0.2, 0.25) is 0 Å². The lowest BCUT2D eigenvalue weighted by Crippen LogP contribution is -2.30. The first-order valence-corrected chi connectivity index (χ1v) is 11.4. The van der Waals surface area contributed by atoms with Crippen molar-refractivity contribution in [1.29, 1.82) is 5.26 Å². The second kappa shape index (κ2) is 11.5. The topological polar surface area (TPSA) is 102 Å². The summed E-state index contributed by atoms with van der Waals surface area (Å²) < 4.78 is 8.92. The number of pyridine rings is 2. The van der Waals surface area contributed by atoms with E-state index in [1.165, 1.54) is 10.5 Å². The molecule has 0 saturated heterocycles. The van der Waals surface area contributed by atoms with E-state index in [9.17, 15) is 14.9 Å². The number of amides is 1. The average Bonchev–Trinajstić information content (AvgIpc) is 2.81. The monoisotopic (exact) mass is 521 g/mol. The number of carbonyl (C=O) groups excluding carboxylic acids is 1. The molecule has 3 aromatic heterocycles. The van der Waals surface area contributed by atoms with E-state index in [1.54, 1.807) is 48.2 Å². The van der Waals surface area contributed by atoms with Crippen molar-refractivity contribution in [3.05, 3.63) is 86.7 Å². The fourth-order valence-corrected chi connectivity index (χ4v) is 3.86. The quantitative estimate of drug-likeness (QED) is 0.255. The summed E-state index contributed by atoms with van der Waals surface area (Å²) in [6.07, 6.45) is 9.07. The summed E-state index contributed by atoms with van der Waals surface area (Å²) in [5.74, 6) is -0.444. The summed E-state index contributed by atoms with van der Waals surface area (Å²) in [5.41, 5.74) is 1.69. The first-order valence-electron chi connectivity index (χ1n) is 10.6. The molecule has 0 aliphatic rings. The van der Waals surface area contributed by atoms with Crippen molar-refractivity contribution >= 4 is 38.5 Å². The van der Waals surface area contributed by atoms with E-state index in [1.807, 2.05) is 13.0 Å². The van der Waals surface area contributed by atoms with Crippen molar-refractivity contribution in [3.8, 4) is 6.07 Å². The third-order valence-electron chi connectivity index (χ3n) is 5.03. The molecule has 0 bridgehead atoms. The van der Waals surface area contributed by atoms with Crippen LogP contribution in [0.25, 0.3) is 16.7 Å². The smallest absolute Gasteiger partial charge is 0.267 e. The Bertz CT molecular complexity index is 1490. The molecule has 1 amide bonds. The highest BCUT2D eigenvalue weighted by Crippen LogP contribution is 2.14. The maximum atomic E-state index is 13.2. The minimum atomic E-state index is -0.444. The van der Waals surface area contributed by atoms with Gasteiger partial charge < -0.3 is 9.30 Å². The number of aromatic nitrogens is 3. The zero-order chi connectivity index (χ0) is 24.7. The summed E-state index contributed by atoms with van der Waals surface area (Å²) in [7, 11) is 1.59. The fourth-order valence-electron chi connectivity index (χ4n) is 3.47. The molecule has 0 atom stereocenters. The van der Waals surface area contributed by atoms with Gasteiger partial charge in [0.05, 0.1) is 17.4 Å². The van der Waals surface area contributed by atoms with Gasteiger partial charge >= 0.3 is 0 Å². The van der Waals surface area contributed by atoms with Gasteiger partial charge in [-0.2, -0.15) is 10.3 Å². The molecule has 9 heteroatoms. The van der Waals surface area contributed by atoms with Gasteiger partial charge in [0.1, 0.15) is 17.4 Å². The summed E-state index contributed by atoms with van der Waals surface area (Å²) >= 11 is 3.36. The van der Waals surface area contributed by atoms with Crippen LogP contribution in [0.2, 0.25) is 0 Å². The Labute approximate surface area is 205 Å². The number of aryl methyl sites for hydroxylation is 2. The normalized spacial score (nSPS) is 12.5. The molecule has 3 rings (SSSR count). The van der Waals surface area contributed by atoms with Gasteiger partial charge in [0, 0.05) is 30.9 Å². The number of hydrogen-bond donors (Lipinski definition) is 0. The summed E-state index contributed by atoms with van der Waals surface area (Å²) in [4.78, 5) is 35.0. The van der Waals surface area contributed by atoms with Crippen LogP contribution in [0.5, 0.6) is 0 Å². The van der Waals surface area contributed by atoms with Crippen LogP contribution in [0.1, 0.15) is 24.0 Å². The van der Waals surface area contributed by atoms with Crippen molar-refractivity contribution in [2.75, 3.05) is 13.7 Å². The number of nitriles is 1. The third kappa shape index (κ3) is 5.47. The number of methoxy groups -OCH3 is 1. The molecule has 0 radical (unpaired) electrons. The zero-order valence-electron chi connectivity index (χ0n) is 19.0. The molecule has 0 aliphatic heterocycles. The number of fused-ring (bicyclic) bond motifs is 2. The Hall–Kier alpha value is -3.61. The molecular formula is C25H24BrN5O3. The van der Waals surface area contributed by atoms with E-state index >= 15 is 0 Å². The molecule has 0 unspecified atom stereocenters. The molecule has 0 fully saturated rings. The predicted octanol–water partition coefficient (Wildman–Crippen LogP) is 3.70. The number of halogens is 1. The highest BCUT2D eigenvalue weighted by molar-refractivity contribution is 9.11. The molecule has 34 heavy (non-hydrogen) atoms. The van der Waals surface area contributed by atoms with Gasteiger partial charge in [0.15, 0.2) is 5.49 Å². The molecule has 3 heterocycles. The van der Waals surface area contributed by atoms with Crippen molar-refractivity contribution in [2.45, 2.75) is 26.3 Å². The summed E-state index contributed by atoms with van der Waals surface area (Å²) in [6, 6.07) is 7.18. The first kappa shape index (κ1) is 25.0. The first-order chi connectivity index (χ1) is 16.4. The van der Waals surface area contributed by atoms with Gasteiger partial charge in [-0.1, -0.05) is 52.9 Å². The zero-order valence-corrected chi connectivity index (χ0v) is 20.6. The summed E-state index contributed by atoms with van der Waals surface area (Å²) in [5, 5.41) is 10.1. The number of carbonyl (C=O) groups is 1. The summed E-state index contributed by atoms with van der Waals surface area (Å²) in [6.45, 7) is 6.28. The Morgan fingerprint density at radius 2 is 2.18 bits per heavy atom. The lowest BCUT2D eigenvalue weighted by atomic mass is 10.2. The van der Waals surface area contributed by atoms with Gasteiger partial charge in [-0.25, -0.2) is 4.98 Å². The van der Waals surface area contributed by atoms with Gasteiger partial charge in [-0.05, 0) is 31.0 Å². The van der Waals surface area contributed by atoms with E-state index in [0.29, 0.717) is 35.3 Å². The Morgan fingerprint density at radius 1 is 1.38 bits per heavy atom. The number of nitrogens with zero attached hydrogens (tertiary/aromatic N) is 5. The molecule has 0 spiro atoms. The van der Waals surface area contributed by atoms with Gasteiger partial charge in [0.25, 0.3) is 11.5 Å². The van der Waals surface area contributed by atoms with Crippen molar-refractivity contribution in [2.24, 2.45) is 4.99 Å². The van der Waals surface area contributed by atoms with Crippen molar-refractivity contribution < 1.29 is 9.53 Å². The average molecular weight is 522 g/mol. The molecule has 0 aliphatic carbocycles. The number of hydrogen-bond acceptors (Lipinski definition) is 5. The maximum absolute atomic E-state index is 13.2. The van der Waals surface area contributed by atoms with E-state index in [2.05, 4.69) is 33.6 Å². The van der Waals surface area contributed by atoms with Crippen molar-refractivity contribution in [1.82, 2.24) is 14.0 Å². The van der Waals surface area contributed by atoms with Crippen LogP contribution in [0.3, 0.4) is 0 Å². The van der Waals surface area contributed by atoms with Crippen LogP contribution in [-0.4, -0.2) is 33.6 Å². The van der Waals surface area contributed by atoms with Crippen LogP contribution in [0.15, 0.2) is 69.5 Å². The highest BCUT2D eigenvalue weighted by atomic mass is 79.9. The molecule has 3 aromatic rings. The third-order valence-corrected chi connectivity index (χ3v) is 5.58. The lowest BCUT2D eigenvalue weighted by Gasteiger charge is -2.14. The second-order valence-electron chi connectivity index (χ2n) is 7.45. The minimum Gasteiger partial charge on any atom is -0.385 e. The molecule has 0 N–H and O–H groups in total. The molecule has 0 saturated carbocycles. The van der Waals surface area contributed by atoms with E-state index < -0.39 is 5.91 Å². The number of ether oxygens (including phenoxy) is 1. The molecule has 8 nitrogen and oxygen atoms in total. The molecular weight excluding hydrogens is 498 g/mol. The Morgan fingerprint density at radius 3 is 2.88 bits per heavy atom. The minimum absolute atomic E-state index is 0.00930. The number of rotatable bonds is 8. The number of allylic oxidation sites excluding steroid dienone is 4. The lowest BCUT2D eigenvalue weighted by molar-refractivity contribution is -0.117. The standard InChI is InChI=1S/C25H24BrN5O3/c1-4-5-6-10-19(26)15-21(32)28-23-18(16-27)14-20-24(30(23)12-8-13-34-3)29-22-17(2)9-7-11-31(22)25(20)33/h4-7,9-11,14H,1,8,12-13,15H2,2-3H3/b6-5+,19-10-,28-23?. The van der Waals surface area contributed by atoms with Crippen LogP contribution in [-0.2, 0) is 16.1 Å². The highest BCUT2D eigenvalue weighted by Gasteiger charge is 2.16. The van der Waals surface area contributed by atoms with Gasteiger partial charge in [-0.15, -0.1) is 0 Å². The predicted molar refractivity (Wildman–Crippen MR) is 134 cm³/mol. The maximum Gasteiger partial charge on any atom is 0.267 e. The Balaban J connectivity index is 2.29. The van der Waals surface area contributed by atoms with E-state index in [0.717, 1.165) is 5.56 Å². The van der Waals surface area contributed by atoms with Crippen LogP contribution >= 0.6 is 15.9 Å². The van der Waals surface area contributed by atoms with Crippen LogP contribution in [0, 0.1) is 18.3 Å². The van der Waals surface area contributed by atoms with Crippen LogP contribution < -0.4 is 11.0 Å². The molecule has 0 aromatic carbocycles. The molecule has 174 valence electrons. The fraction of sp³-hybridized carbons (Fsp3) is 0.240.